The van der Waals surface area contributed by atoms with Gasteiger partial charge in [0, 0.05) is 51.2 Å². The van der Waals surface area contributed by atoms with Crippen LogP contribution < -0.4 is 19.7 Å². The molecule has 2 aromatic rings. The Labute approximate surface area is 193 Å². The van der Waals surface area contributed by atoms with Crippen LogP contribution in [0.5, 0.6) is 11.5 Å². The second-order valence-electron chi connectivity index (χ2n) is 6.32. The molecule has 2 heterocycles. The molecule has 1 N–H and O–H groups in total. The summed E-state index contributed by atoms with van der Waals surface area (Å²) in [6, 6.07) is 7.60. The van der Waals surface area contributed by atoms with Crippen molar-refractivity contribution in [3.63, 3.8) is 0 Å². The third kappa shape index (κ3) is 6.59. The van der Waals surface area contributed by atoms with Crippen LogP contribution >= 0.6 is 35.5 Å². The largest absolute Gasteiger partial charge is 0.497 e. The van der Waals surface area contributed by atoms with Gasteiger partial charge >= 0.3 is 0 Å². The number of aryl methyl sites for hydroxylation is 1. The summed E-state index contributed by atoms with van der Waals surface area (Å²) in [4.78, 5) is 13.6. The minimum absolute atomic E-state index is 0. The summed E-state index contributed by atoms with van der Waals surface area (Å²) in [7, 11) is 3.47. The summed E-state index contributed by atoms with van der Waals surface area (Å²) in [5.74, 6) is 3.49. The van der Waals surface area contributed by atoms with Crippen molar-refractivity contribution >= 4 is 46.6 Å². The number of nitrogens with zero attached hydrogens (tertiary/aromatic N) is 5. The predicted molar refractivity (Wildman–Crippen MR) is 128 cm³/mol. The Balaban J connectivity index is 0.00000300. The van der Waals surface area contributed by atoms with E-state index in [9.17, 15) is 0 Å². The van der Waals surface area contributed by atoms with Gasteiger partial charge in [0.1, 0.15) is 23.9 Å². The van der Waals surface area contributed by atoms with Crippen molar-refractivity contribution < 1.29 is 9.47 Å². The molecule has 1 aromatic heterocycles. The summed E-state index contributed by atoms with van der Waals surface area (Å²) < 4.78 is 15.3. The number of hydrogen-bond acceptors (Lipinski definition) is 7. The lowest BCUT2D eigenvalue weighted by molar-refractivity contribution is 0.314. The monoisotopic (exact) mass is 532 g/mol. The number of hydrogen-bond donors (Lipinski definition) is 1. The maximum absolute atomic E-state index is 5.76. The molecule has 1 aliphatic rings. The molecular formula is C19H29IN6O2S. The van der Waals surface area contributed by atoms with E-state index in [4.69, 9.17) is 9.47 Å². The van der Waals surface area contributed by atoms with Gasteiger partial charge < -0.3 is 24.6 Å². The van der Waals surface area contributed by atoms with Gasteiger partial charge in [-0.05, 0) is 24.3 Å². The smallest absolute Gasteiger partial charge is 0.205 e. The zero-order chi connectivity index (χ0) is 19.8. The highest BCUT2D eigenvalue weighted by Gasteiger charge is 2.21. The Morgan fingerprint density at radius 1 is 1.17 bits per heavy atom. The van der Waals surface area contributed by atoms with Gasteiger partial charge in [0.05, 0.1) is 13.7 Å². The van der Waals surface area contributed by atoms with Crippen molar-refractivity contribution in [2.45, 2.75) is 13.3 Å². The molecular weight excluding hydrogens is 503 g/mol. The van der Waals surface area contributed by atoms with E-state index >= 15 is 0 Å². The molecule has 1 aliphatic heterocycles. The van der Waals surface area contributed by atoms with E-state index in [0.717, 1.165) is 61.0 Å². The summed E-state index contributed by atoms with van der Waals surface area (Å²) in [6.07, 6.45) is 0.881. The van der Waals surface area contributed by atoms with E-state index in [1.807, 2.05) is 31.3 Å². The van der Waals surface area contributed by atoms with E-state index in [0.29, 0.717) is 13.2 Å². The number of halogens is 1. The molecule has 8 nitrogen and oxygen atoms in total. The van der Waals surface area contributed by atoms with E-state index in [1.54, 1.807) is 7.11 Å². The lowest BCUT2D eigenvalue weighted by atomic mass is 10.3. The summed E-state index contributed by atoms with van der Waals surface area (Å²) in [6.45, 7) is 6.98. The quantitative estimate of drug-likeness (QED) is 0.254. The fraction of sp³-hybridized carbons (Fsp3) is 0.526. The van der Waals surface area contributed by atoms with Gasteiger partial charge in [-0.2, -0.15) is 4.37 Å². The molecule has 29 heavy (non-hydrogen) atoms. The first-order valence-corrected chi connectivity index (χ1v) is 10.3. The van der Waals surface area contributed by atoms with Gasteiger partial charge in [-0.1, -0.05) is 6.92 Å². The van der Waals surface area contributed by atoms with E-state index in [2.05, 4.69) is 36.4 Å². The highest BCUT2D eigenvalue weighted by atomic mass is 127. The van der Waals surface area contributed by atoms with E-state index in [-0.39, 0.29) is 24.0 Å². The highest BCUT2D eigenvalue weighted by Crippen LogP contribution is 2.19. The first-order valence-electron chi connectivity index (χ1n) is 9.53. The molecule has 1 fully saturated rings. The SMILES string of the molecule is CCc1nsc(N2CCN(C(=NC)NCCOc3ccc(OC)cc3)CC2)n1.I. The average Bonchev–Trinajstić information content (AvgIpc) is 3.24. The Morgan fingerprint density at radius 2 is 1.86 bits per heavy atom. The van der Waals surface area contributed by atoms with E-state index in [1.165, 1.54) is 11.5 Å². The topological polar surface area (TPSA) is 75.1 Å². The number of ether oxygens (including phenoxy) is 2. The molecule has 1 aromatic carbocycles. The van der Waals surface area contributed by atoms with Crippen molar-refractivity contribution in [3.05, 3.63) is 30.1 Å². The Hall–Kier alpha value is -1.82. The predicted octanol–water partition coefficient (Wildman–Crippen LogP) is 2.50. The van der Waals surface area contributed by atoms with Crippen LogP contribution in [0.2, 0.25) is 0 Å². The van der Waals surface area contributed by atoms with Gasteiger partial charge in [0.25, 0.3) is 0 Å². The minimum Gasteiger partial charge on any atom is -0.497 e. The van der Waals surface area contributed by atoms with Crippen LogP contribution in [-0.2, 0) is 6.42 Å². The normalized spacial score (nSPS) is 14.4. The number of methoxy groups -OCH3 is 1. The molecule has 10 heteroatoms. The average molecular weight is 532 g/mol. The molecule has 0 spiro atoms. The number of piperazine rings is 1. The van der Waals surface area contributed by atoms with Crippen LogP contribution in [0.4, 0.5) is 5.13 Å². The molecule has 0 radical (unpaired) electrons. The fourth-order valence-electron chi connectivity index (χ4n) is 2.96. The van der Waals surface area contributed by atoms with Crippen LogP contribution in [0.3, 0.4) is 0 Å². The number of nitrogens with one attached hydrogen (secondary N) is 1. The molecule has 0 saturated carbocycles. The first kappa shape index (κ1) is 23.5. The van der Waals surface area contributed by atoms with Crippen molar-refractivity contribution in [3.8, 4) is 11.5 Å². The van der Waals surface area contributed by atoms with E-state index < -0.39 is 0 Å². The number of rotatable bonds is 7. The molecule has 0 amide bonds. The van der Waals surface area contributed by atoms with Gasteiger partial charge in [-0.15, -0.1) is 24.0 Å². The zero-order valence-electron chi connectivity index (χ0n) is 17.1. The molecule has 1 saturated heterocycles. The summed E-state index contributed by atoms with van der Waals surface area (Å²) in [5.41, 5.74) is 0. The van der Waals surface area contributed by atoms with Crippen LogP contribution in [0.15, 0.2) is 29.3 Å². The minimum atomic E-state index is 0. The molecule has 0 aliphatic carbocycles. The molecule has 160 valence electrons. The van der Waals surface area contributed by atoms with Crippen LogP contribution in [-0.4, -0.2) is 73.7 Å². The van der Waals surface area contributed by atoms with Crippen molar-refractivity contribution in [1.29, 1.82) is 0 Å². The maximum Gasteiger partial charge on any atom is 0.205 e. The van der Waals surface area contributed by atoms with Crippen LogP contribution in [0.25, 0.3) is 0 Å². The number of guanidine groups is 1. The third-order valence-electron chi connectivity index (χ3n) is 4.55. The second-order valence-corrected chi connectivity index (χ2v) is 7.05. The summed E-state index contributed by atoms with van der Waals surface area (Å²) >= 11 is 1.49. The number of aliphatic imine (C=N–C) groups is 1. The van der Waals surface area contributed by atoms with Crippen LogP contribution in [0.1, 0.15) is 12.7 Å². The molecule has 0 atom stereocenters. The molecule has 0 bridgehead atoms. The highest BCUT2D eigenvalue weighted by molar-refractivity contribution is 14.0. The van der Waals surface area contributed by atoms with Crippen LogP contribution in [0, 0.1) is 0 Å². The fourth-order valence-corrected chi connectivity index (χ4v) is 3.76. The van der Waals surface area contributed by atoms with Gasteiger partial charge in [-0.3, -0.25) is 4.99 Å². The number of anilines is 1. The van der Waals surface area contributed by atoms with Crippen molar-refractivity contribution in [1.82, 2.24) is 19.6 Å². The van der Waals surface area contributed by atoms with Gasteiger partial charge in [-0.25, -0.2) is 4.98 Å². The van der Waals surface area contributed by atoms with Crippen molar-refractivity contribution in [2.24, 2.45) is 4.99 Å². The maximum atomic E-state index is 5.76. The summed E-state index contributed by atoms with van der Waals surface area (Å²) in [5, 5.41) is 4.40. The van der Waals surface area contributed by atoms with Gasteiger partial charge in [0.15, 0.2) is 5.96 Å². The van der Waals surface area contributed by atoms with Gasteiger partial charge in [0.2, 0.25) is 5.13 Å². The number of aromatic nitrogens is 2. The lowest BCUT2D eigenvalue weighted by Crippen LogP contribution is -2.53. The Bertz CT molecular complexity index is 762. The van der Waals surface area contributed by atoms with Crippen molar-refractivity contribution in [2.75, 3.05) is 58.4 Å². The lowest BCUT2D eigenvalue weighted by Gasteiger charge is -2.36. The third-order valence-corrected chi connectivity index (χ3v) is 5.36. The second kappa shape index (κ2) is 12.0. The molecule has 3 rings (SSSR count). The first-order chi connectivity index (χ1) is 13.7. The molecule has 0 unspecified atom stereocenters. The standard InChI is InChI=1S/C19H28N6O2S.HI/c1-4-17-22-19(28-23-17)25-12-10-24(11-13-25)18(20-2)21-9-14-27-16-7-5-15(26-3)6-8-16;/h5-8H,4,9-14H2,1-3H3,(H,20,21);1H. The number of benzene rings is 1. The zero-order valence-corrected chi connectivity index (χ0v) is 20.3. The Morgan fingerprint density at radius 3 is 2.45 bits per heavy atom. The Kier molecular flexibility index (Phi) is 9.71.